The van der Waals surface area contributed by atoms with Crippen LogP contribution in [0.4, 0.5) is 0 Å². The molecule has 5 nitrogen and oxygen atoms in total. The molecule has 0 saturated heterocycles. The molecule has 0 N–H and O–H groups in total. The van der Waals surface area contributed by atoms with Crippen LogP contribution < -0.4 is 5.56 Å². The summed E-state index contributed by atoms with van der Waals surface area (Å²) in [4.78, 5) is 32.0. The molecular weight excluding hydrogens is 370 g/mol. The van der Waals surface area contributed by atoms with Crippen LogP contribution >= 0.6 is 11.8 Å². The lowest BCUT2D eigenvalue weighted by Gasteiger charge is -2.19. The lowest BCUT2D eigenvalue weighted by Crippen LogP contribution is -2.32. The van der Waals surface area contributed by atoms with Gasteiger partial charge in [0, 0.05) is 19.6 Å². The Morgan fingerprint density at radius 2 is 1.71 bits per heavy atom. The van der Waals surface area contributed by atoms with E-state index in [4.69, 9.17) is 0 Å². The van der Waals surface area contributed by atoms with Gasteiger partial charge in [-0.05, 0) is 38.0 Å². The van der Waals surface area contributed by atoms with E-state index in [9.17, 15) is 9.59 Å². The minimum atomic E-state index is -0.0562. The second kappa shape index (κ2) is 9.55. The van der Waals surface area contributed by atoms with Crippen molar-refractivity contribution in [2.24, 2.45) is 0 Å². The van der Waals surface area contributed by atoms with Crippen LogP contribution in [0.1, 0.15) is 19.4 Å². The van der Waals surface area contributed by atoms with Crippen molar-refractivity contribution in [1.29, 1.82) is 0 Å². The molecule has 28 heavy (non-hydrogen) atoms. The van der Waals surface area contributed by atoms with Gasteiger partial charge in [0.05, 0.1) is 16.7 Å². The van der Waals surface area contributed by atoms with Crippen LogP contribution in [0.15, 0.2) is 64.5 Å². The first-order chi connectivity index (χ1) is 13.6. The highest BCUT2D eigenvalue weighted by atomic mass is 32.2. The van der Waals surface area contributed by atoms with Gasteiger partial charge in [0.15, 0.2) is 5.16 Å². The molecule has 1 aromatic heterocycles. The highest BCUT2D eigenvalue weighted by Gasteiger charge is 2.15. The Balaban J connectivity index is 1.90. The van der Waals surface area contributed by atoms with Gasteiger partial charge in [-0.2, -0.15) is 0 Å². The van der Waals surface area contributed by atoms with Crippen molar-refractivity contribution in [2.75, 3.05) is 18.8 Å². The molecule has 3 aromatic rings. The van der Waals surface area contributed by atoms with Crippen LogP contribution in [0.3, 0.4) is 0 Å². The van der Waals surface area contributed by atoms with Gasteiger partial charge in [0.2, 0.25) is 5.91 Å². The number of aromatic nitrogens is 2. The molecule has 0 spiro atoms. The summed E-state index contributed by atoms with van der Waals surface area (Å²) in [6, 6.07) is 17.4. The molecule has 0 unspecified atom stereocenters. The number of carbonyl (C=O) groups is 1. The van der Waals surface area contributed by atoms with E-state index in [1.54, 1.807) is 15.5 Å². The van der Waals surface area contributed by atoms with E-state index in [-0.39, 0.29) is 17.2 Å². The van der Waals surface area contributed by atoms with E-state index in [2.05, 4.69) is 17.1 Å². The van der Waals surface area contributed by atoms with E-state index in [1.807, 2.05) is 50.2 Å². The number of rotatable bonds is 8. The summed E-state index contributed by atoms with van der Waals surface area (Å²) in [7, 11) is 0. The van der Waals surface area contributed by atoms with Gasteiger partial charge >= 0.3 is 0 Å². The first-order valence-corrected chi connectivity index (χ1v) is 10.6. The molecule has 0 fully saturated rings. The first-order valence-electron chi connectivity index (χ1n) is 9.58. The van der Waals surface area contributed by atoms with Crippen LogP contribution in [0.2, 0.25) is 0 Å². The van der Waals surface area contributed by atoms with Crippen molar-refractivity contribution in [2.45, 2.75) is 32.0 Å². The maximum atomic E-state index is 13.1. The fraction of sp³-hybridized carbons (Fsp3) is 0.318. The summed E-state index contributed by atoms with van der Waals surface area (Å²) in [6.07, 6.45) is 0.734. The molecule has 0 aliphatic heterocycles. The average molecular weight is 396 g/mol. The third-order valence-corrected chi connectivity index (χ3v) is 5.70. The van der Waals surface area contributed by atoms with Crippen molar-refractivity contribution in [3.63, 3.8) is 0 Å². The van der Waals surface area contributed by atoms with Gasteiger partial charge in [0.1, 0.15) is 0 Å². The molecule has 6 heteroatoms. The largest absolute Gasteiger partial charge is 0.343 e. The van der Waals surface area contributed by atoms with Crippen LogP contribution in [0.5, 0.6) is 0 Å². The van der Waals surface area contributed by atoms with Crippen molar-refractivity contribution in [3.8, 4) is 0 Å². The second-order valence-corrected chi connectivity index (χ2v) is 7.40. The van der Waals surface area contributed by atoms with E-state index in [1.165, 1.54) is 11.8 Å². The summed E-state index contributed by atoms with van der Waals surface area (Å²) >= 11 is 1.34. The van der Waals surface area contributed by atoms with Gasteiger partial charge in [-0.1, -0.05) is 54.2 Å². The summed E-state index contributed by atoms with van der Waals surface area (Å²) in [5, 5.41) is 1.20. The van der Waals surface area contributed by atoms with E-state index < -0.39 is 0 Å². The molecule has 0 radical (unpaired) electrons. The number of fused-ring (bicyclic) bond motifs is 1. The quantitative estimate of drug-likeness (QED) is 0.432. The predicted molar refractivity (Wildman–Crippen MR) is 115 cm³/mol. The Kier molecular flexibility index (Phi) is 6.87. The molecule has 0 aliphatic rings. The standard InChI is InChI=1S/C22H25N3O2S/c1-3-24(4-2)20(26)16-28-22-23-19-13-9-8-12-18(19)21(27)25(22)15-14-17-10-6-5-7-11-17/h5-13H,3-4,14-16H2,1-2H3. The Labute approximate surface area is 169 Å². The third-order valence-electron chi connectivity index (χ3n) is 4.73. The summed E-state index contributed by atoms with van der Waals surface area (Å²) in [5.74, 6) is 0.338. The molecule has 0 aliphatic carbocycles. The molecule has 1 heterocycles. The van der Waals surface area contributed by atoms with Crippen molar-refractivity contribution >= 4 is 28.6 Å². The summed E-state index contributed by atoms with van der Waals surface area (Å²) in [5.41, 5.74) is 1.78. The van der Waals surface area contributed by atoms with Gasteiger partial charge in [-0.15, -0.1) is 0 Å². The van der Waals surface area contributed by atoms with Crippen LogP contribution in [-0.2, 0) is 17.8 Å². The third kappa shape index (κ3) is 4.62. The van der Waals surface area contributed by atoms with Crippen LogP contribution in [0.25, 0.3) is 10.9 Å². The zero-order chi connectivity index (χ0) is 19.9. The van der Waals surface area contributed by atoms with Crippen LogP contribution in [-0.4, -0.2) is 39.2 Å². The molecule has 0 saturated carbocycles. The summed E-state index contributed by atoms with van der Waals surface area (Å²) < 4.78 is 1.70. The fourth-order valence-corrected chi connectivity index (χ4v) is 4.06. The normalized spacial score (nSPS) is 10.9. The lowest BCUT2D eigenvalue weighted by atomic mass is 10.1. The average Bonchev–Trinajstić information content (AvgIpc) is 2.73. The van der Waals surface area contributed by atoms with Crippen molar-refractivity contribution in [3.05, 3.63) is 70.5 Å². The molecule has 1 amide bonds. The predicted octanol–water partition coefficient (Wildman–Crippen LogP) is 3.60. The number of hydrogen-bond acceptors (Lipinski definition) is 4. The number of benzene rings is 2. The SMILES string of the molecule is CCN(CC)C(=O)CSc1nc2ccccc2c(=O)n1CCc1ccccc1. The molecule has 0 atom stereocenters. The number of thioether (sulfide) groups is 1. The number of carbonyl (C=O) groups excluding carboxylic acids is 1. The lowest BCUT2D eigenvalue weighted by molar-refractivity contribution is -0.127. The minimum absolute atomic E-state index is 0.0562. The maximum Gasteiger partial charge on any atom is 0.262 e. The molecule has 2 aromatic carbocycles. The zero-order valence-electron chi connectivity index (χ0n) is 16.3. The minimum Gasteiger partial charge on any atom is -0.343 e. The van der Waals surface area contributed by atoms with Gasteiger partial charge < -0.3 is 4.90 Å². The Bertz CT molecular complexity index is 998. The second-order valence-electron chi connectivity index (χ2n) is 6.46. The highest BCUT2D eigenvalue weighted by molar-refractivity contribution is 7.99. The van der Waals surface area contributed by atoms with E-state index in [0.29, 0.717) is 35.7 Å². The van der Waals surface area contributed by atoms with E-state index >= 15 is 0 Å². The van der Waals surface area contributed by atoms with Gasteiger partial charge in [0.25, 0.3) is 5.56 Å². The molecule has 146 valence electrons. The Morgan fingerprint density at radius 1 is 1.04 bits per heavy atom. The molecular formula is C22H25N3O2S. The Hall–Kier alpha value is -2.60. The molecule has 3 rings (SSSR count). The number of para-hydroxylation sites is 1. The number of amides is 1. The number of hydrogen-bond donors (Lipinski definition) is 0. The van der Waals surface area contributed by atoms with Gasteiger partial charge in [-0.3, -0.25) is 14.2 Å². The Morgan fingerprint density at radius 3 is 2.43 bits per heavy atom. The molecule has 0 bridgehead atoms. The van der Waals surface area contributed by atoms with Crippen molar-refractivity contribution in [1.82, 2.24) is 14.5 Å². The van der Waals surface area contributed by atoms with Crippen LogP contribution in [0, 0.1) is 0 Å². The number of aryl methyl sites for hydroxylation is 1. The fourth-order valence-electron chi connectivity index (χ4n) is 3.13. The number of nitrogens with zero attached hydrogens (tertiary/aromatic N) is 3. The highest BCUT2D eigenvalue weighted by Crippen LogP contribution is 2.19. The van der Waals surface area contributed by atoms with Gasteiger partial charge in [-0.25, -0.2) is 4.98 Å². The smallest absolute Gasteiger partial charge is 0.262 e. The monoisotopic (exact) mass is 395 g/mol. The van der Waals surface area contributed by atoms with Crippen molar-refractivity contribution < 1.29 is 4.79 Å². The summed E-state index contributed by atoms with van der Waals surface area (Å²) in [6.45, 7) is 5.83. The zero-order valence-corrected chi connectivity index (χ0v) is 17.1. The maximum absolute atomic E-state index is 13.1. The first kappa shape index (κ1) is 20.1. The van der Waals surface area contributed by atoms with E-state index in [0.717, 1.165) is 12.0 Å². The topological polar surface area (TPSA) is 55.2 Å².